The van der Waals surface area contributed by atoms with Crippen LogP contribution in [0.25, 0.3) is 17.0 Å². The van der Waals surface area contributed by atoms with Crippen molar-refractivity contribution in [1.82, 2.24) is 19.9 Å². The summed E-state index contributed by atoms with van der Waals surface area (Å²) in [6.45, 7) is 0.656. The van der Waals surface area contributed by atoms with Gasteiger partial charge < -0.3 is 14.2 Å². The van der Waals surface area contributed by atoms with Gasteiger partial charge in [-0.1, -0.05) is 23.4 Å². The average molecular weight is 393 g/mol. The molecule has 28 heavy (non-hydrogen) atoms. The highest BCUT2D eigenvalue weighted by Crippen LogP contribution is 2.37. The first-order valence-electron chi connectivity index (χ1n) is 8.74. The summed E-state index contributed by atoms with van der Waals surface area (Å²) < 4.78 is 12.7. The van der Waals surface area contributed by atoms with E-state index in [0.717, 1.165) is 17.0 Å². The first kappa shape index (κ1) is 18.1. The van der Waals surface area contributed by atoms with E-state index in [0.29, 0.717) is 29.6 Å². The Morgan fingerprint density at radius 1 is 1.11 bits per heavy atom. The molecule has 7 nitrogen and oxygen atoms in total. The zero-order valence-electron chi connectivity index (χ0n) is 15.3. The number of nitrogens with zero attached hydrogens (tertiary/aromatic N) is 5. The van der Waals surface area contributed by atoms with Crippen molar-refractivity contribution in [2.75, 3.05) is 24.3 Å². The lowest BCUT2D eigenvalue weighted by Gasteiger charge is -2.22. The van der Waals surface area contributed by atoms with E-state index in [1.807, 2.05) is 54.6 Å². The van der Waals surface area contributed by atoms with Crippen LogP contribution in [0.2, 0.25) is 0 Å². The van der Waals surface area contributed by atoms with Crippen molar-refractivity contribution in [2.45, 2.75) is 0 Å². The summed E-state index contributed by atoms with van der Waals surface area (Å²) in [4.78, 5) is 6.14. The normalized spacial score (nSPS) is 10.8. The van der Waals surface area contributed by atoms with E-state index in [4.69, 9.17) is 9.26 Å². The zero-order valence-corrected chi connectivity index (χ0v) is 16.2. The Labute approximate surface area is 168 Å². The summed E-state index contributed by atoms with van der Waals surface area (Å²) in [6.07, 6.45) is 3.12. The molecule has 2 aromatic carbocycles. The molecule has 4 rings (SSSR count). The van der Waals surface area contributed by atoms with Crippen molar-refractivity contribution >= 4 is 24.1 Å². The number of para-hydroxylation sites is 1. The van der Waals surface area contributed by atoms with Crippen LogP contribution in [0.15, 0.2) is 71.8 Å². The summed E-state index contributed by atoms with van der Waals surface area (Å²) in [7, 11) is 1.64. The number of thiol groups is 1. The highest BCUT2D eigenvalue weighted by molar-refractivity contribution is 7.80. The van der Waals surface area contributed by atoms with Crippen LogP contribution >= 0.6 is 12.6 Å². The van der Waals surface area contributed by atoms with Crippen LogP contribution in [0.3, 0.4) is 0 Å². The summed E-state index contributed by atoms with van der Waals surface area (Å²) in [6, 6.07) is 17.6. The Kier molecular flexibility index (Phi) is 5.29. The number of methoxy groups -OCH3 is 1. The molecule has 0 radical (unpaired) electrons. The third-order valence-corrected chi connectivity index (χ3v) is 4.50. The molecule has 0 aliphatic carbocycles. The van der Waals surface area contributed by atoms with Gasteiger partial charge in [0.15, 0.2) is 11.4 Å². The van der Waals surface area contributed by atoms with E-state index in [9.17, 15) is 0 Å². The second-order valence-electron chi connectivity index (χ2n) is 5.96. The van der Waals surface area contributed by atoms with Gasteiger partial charge in [-0.05, 0) is 36.4 Å². The standard InChI is InChI=1S/C20H19N5O2S/c1-26-17-9-7-15(8-10-17)19-18(25-14-21-13-22-25)20(23-27-19)24(11-12-28)16-5-3-2-4-6-16/h2-10,13-14,28H,11-12H2,1H3. The minimum atomic E-state index is 0.600. The van der Waals surface area contributed by atoms with Gasteiger partial charge in [0.05, 0.1) is 7.11 Å². The van der Waals surface area contributed by atoms with Crippen LogP contribution in [0, 0.1) is 0 Å². The van der Waals surface area contributed by atoms with E-state index >= 15 is 0 Å². The maximum atomic E-state index is 5.78. The molecule has 2 heterocycles. The van der Waals surface area contributed by atoms with Crippen molar-refractivity contribution in [3.05, 3.63) is 67.3 Å². The molecule has 0 atom stereocenters. The SMILES string of the molecule is COc1ccc(-c2onc(N(CCS)c3ccccc3)c2-n2cncn2)cc1. The second-order valence-corrected chi connectivity index (χ2v) is 6.41. The number of aromatic nitrogens is 4. The van der Waals surface area contributed by atoms with Crippen molar-refractivity contribution in [2.24, 2.45) is 0 Å². The van der Waals surface area contributed by atoms with Crippen LogP contribution in [0.4, 0.5) is 11.5 Å². The van der Waals surface area contributed by atoms with Gasteiger partial charge in [-0.2, -0.15) is 17.7 Å². The lowest BCUT2D eigenvalue weighted by molar-refractivity contribution is 0.414. The Balaban J connectivity index is 1.86. The topological polar surface area (TPSA) is 69.2 Å². The summed E-state index contributed by atoms with van der Waals surface area (Å²) in [5, 5.41) is 8.69. The predicted octanol–water partition coefficient (Wildman–Crippen LogP) is 4.00. The van der Waals surface area contributed by atoms with E-state index in [2.05, 4.69) is 32.8 Å². The highest BCUT2D eigenvalue weighted by atomic mass is 32.1. The van der Waals surface area contributed by atoms with E-state index in [1.165, 1.54) is 6.33 Å². The van der Waals surface area contributed by atoms with Gasteiger partial charge in [0.25, 0.3) is 0 Å². The summed E-state index contributed by atoms with van der Waals surface area (Å²) in [5.74, 6) is 2.67. The predicted molar refractivity (Wildman–Crippen MR) is 111 cm³/mol. The largest absolute Gasteiger partial charge is 0.497 e. The van der Waals surface area contributed by atoms with Gasteiger partial charge in [0.2, 0.25) is 5.82 Å². The van der Waals surface area contributed by atoms with Crippen molar-refractivity contribution in [3.8, 4) is 22.8 Å². The van der Waals surface area contributed by atoms with Gasteiger partial charge >= 0.3 is 0 Å². The molecule has 0 saturated heterocycles. The van der Waals surface area contributed by atoms with Crippen LogP contribution in [-0.4, -0.2) is 39.3 Å². The average Bonchev–Trinajstić information content (AvgIpc) is 3.42. The summed E-state index contributed by atoms with van der Waals surface area (Å²) >= 11 is 4.42. The van der Waals surface area contributed by atoms with Gasteiger partial charge in [0.1, 0.15) is 18.4 Å². The molecule has 8 heteroatoms. The Hall–Kier alpha value is -3.26. The minimum Gasteiger partial charge on any atom is -0.497 e. The zero-order chi connectivity index (χ0) is 19.3. The number of rotatable bonds is 7. The van der Waals surface area contributed by atoms with Crippen molar-refractivity contribution in [3.63, 3.8) is 0 Å². The van der Waals surface area contributed by atoms with Crippen LogP contribution in [-0.2, 0) is 0 Å². The third kappa shape index (κ3) is 3.46. The molecule has 0 N–H and O–H groups in total. The van der Waals surface area contributed by atoms with Crippen molar-refractivity contribution < 1.29 is 9.26 Å². The second kappa shape index (κ2) is 8.18. The molecule has 0 spiro atoms. The van der Waals surface area contributed by atoms with E-state index in [-0.39, 0.29) is 0 Å². The molecular formula is C20H19N5O2S. The molecule has 0 fully saturated rings. The Morgan fingerprint density at radius 3 is 2.54 bits per heavy atom. The van der Waals surface area contributed by atoms with Gasteiger partial charge in [-0.15, -0.1) is 0 Å². The van der Waals surface area contributed by atoms with E-state index in [1.54, 1.807) is 18.1 Å². The first-order chi connectivity index (χ1) is 13.8. The fraction of sp³-hybridized carbons (Fsp3) is 0.150. The van der Waals surface area contributed by atoms with Gasteiger partial charge in [-0.25, -0.2) is 9.67 Å². The minimum absolute atomic E-state index is 0.600. The Bertz CT molecular complexity index is 1020. The summed E-state index contributed by atoms with van der Waals surface area (Å²) in [5.41, 5.74) is 2.57. The maximum absolute atomic E-state index is 5.78. The van der Waals surface area contributed by atoms with Gasteiger partial charge in [0, 0.05) is 23.5 Å². The van der Waals surface area contributed by atoms with Crippen LogP contribution in [0.1, 0.15) is 0 Å². The molecule has 0 amide bonds. The number of benzene rings is 2. The number of anilines is 2. The van der Waals surface area contributed by atoms with E-state index < -0.39 is 0 Å². The quantitative estimate of drug-likeness (QED) is 0.479. The number of ether oxygens (including phenoxy) is 1. The van der Waals surface area contributed by atoms with Crippen molar-refractivity contribution in [1.29, 1.82) is 0 Å². The smallest absolute Gasteiger partial charge is 0.203 e. The molecule has 4 aromatic rings. The third-order valence-electron chi connectivity index (χ3n) is 4.30. The molecule has 142 valence electrons. The maximum Gasteiger partial charge on any atom is 0.203 e. The molecule has 0 unspecified atom stereocenters. The van der Waals surface area contributed by atoms with Gasteiger partial charge in [-0.3, -0.25) is 0 Å². The molecular weight excluding hydrogens is 374 g/mol. The molecule has 0 aliphatic rings. The number of hydrogen-bond donors (Lipinski definition) is 1. The molecule has 0 saturated carbocycles. The number of hydrogen-bond acceptors (Lipinski definition) is 7. The Morgan fingerprint density at radius 2 is 1.89 bits per heavy atom. The fourth-order valence-corrected chi connectivity index (χ4v) is 3.18. The van der Waals surface area contributed by atoms with Crippen LogP contribution in [0.5, 0.6) is 5.75 Å². The molecule has 2 aromatic heterocycles. The first-order valence-corrected chi connectivity index (χ1v) is 9.37. The highest BCUT2D eigenvalue weighted by Gasteiger charge is 2.25. The monoisotopic (exact) mass is 393 g/mol. The fourth-order valence-electron chi connectivity index (χ4n) is 2.98. The van der Waals surface area contributed by atoms with Crippen LogP contribution < -0.4 is 9.64 Å². The molecule has 0 bridgehead atoms. The lowest BCUT2D eigenvalue weighted by Crippen LogP contribution is -2.21. The molecule has 0 aliphatic heterocycles. The lowest BCUT2D eigenvalue weighted by atomic mass is 10.1.